The zero-order chi connectivity index (χ0) is 12.9. The van der Waals surface area contributed by atoms with Crippen LogP contribution in [0.4, 0.5) is 0 Å². The van der Waals surface area contributed by atoms with Crippen molar-refractivity contribution in [1.29, 1.82) is 0 Å². The number of carbonyl (C=O) groups excluding carboxylic acids is 2. The molecule has 1 aliphatic heterocycles. The largest absolute Gasteiger partial charge is 0.469 e. The minimum atomic E-state index is -3.46. The molecule has 3 atom stereocenters. The van der Waals surface area contributed by atoms with Crippen molar-refractivity contribution < 1.29 is 22.4 Å². The van der Waals surface area contributed by atoms with Crippen LogP contribution in [0.25, 0.3) is 0 Å². The molecular weight excluding hydrogens is 256 g/mol. The quantitative estimate of drug-likeness (QED) is 0.749. The number of furan rings is 1. The van der Waals surface area contributed by atoms with Crippen LogP contribution in [0.1, 0.15) is 24.5 Å². The van der Waals surface area contributed by atoms with Crippen LogP contribution < -0.4 is 0 Å². The highest BCUT2D eigenvalue weighted by Gasteiger charge is 2.54. The van der Waals surface area contributed by atoms with Crippen molar-refractivity contribution in [1.82, 2.24) is 0 Å². The number of hydrogen-bond acceptors (Lipinski definition) is 5. The highest BCUT2D eigenvalue weighted by atomic mass is 32.2. The van der Waals surface area contributed by atoms with E-state index in [1.165, 1.54) is 6.26 Å². The second-order valence-electron chi connectivity index (χ2n) is 4.91. The van der Waals surface area contributed by atoms with Crippen molar-refractivity contribution in [2.45, 2.75) is 24.0 Å². The number of carbonyl (C=O) groups is 2. The van der Waals surface area contributed by atoms with E-state index in [9.17, 15) is 18.0 Å². The van der Waals surface area contributed by atoms with Crippen molar-refractivity contribution in [3.63, 3.8) is 0 Å². The molecule has 1 aliphatic carbocycles. The average Bonchev–Trinajstić information content (AvgIpc) is 2.86. The molecule has 1 saturated heterocycles. The topological polar surface area (TPSA) is 81.4 Å². The summed E-state index contributed by atoms with van der Waals surface area (Å²) in [5.74, 6) is -1.54. The van der Waals surface area contributed by atoms with E-state index in [-0.39, 0.29) is 24.4 Å². The summed E-state index contributed by atoms with van der Waals surface area (Å²) in [6.07, 6.45) is 1.65. The Morgan fingerprint density at radius 2 is 1.89 bits per heavy atom. The molecule has 2 aliphatic rings. The van der Waals surface area contributed by atoms with E-state index < -0.39 is 32.7 Å². The molecule has 6 heteroatoms. The zero-order valence-electron chi connectivity index (χ0n) is 9.53. The Labute approximate surface area is 104 Å². The summed E-state index contributed by atoms with van der Waals surface area (Å²) >= 11 is 0. The van der Waals surface area contributed by atoms with Crippen LogP contribution in [0.15, 0.2) is 22.8 Å². The molecule has 2 fully saturated rings. The molecule has 0 radical (unpaired) electrons. The van der Waals surface area contributed by atoms with E-state index in [0.717, 1.165) is 0 Å². The van der Waals surface area contributed by atoms with Gasteiger partial charge in [-0.15, -0.1) is 0 Å². The standard InChI is InChI=1S/C12H12O5S/c13-7-4-8-10(14)6-18(15,16)12(8)9(5-7)11-2-1-3-17-11/h1-3,8-9,12H,4-6H2/t8-,9-,12-/m0/s1. The first kappa shape index (κ1) is 11.6. The van der Waals surface area contributed by atoms with Crippen molar-refractivity contribution in [3.05, 3.63) is 24.2 Å². The molecule has 0 aromatic carbocycles. The molecule has 1 aromatic heterocycles. The van der Waals surface area contributed by atoms with E-state index in [1.54, 1.807) is 12.1 Å². The van der Waals surface area contributed by atoms with E-state index in [2.05, 4.69) is 0 Å². The Kier molecular flexibility index (Phi) is 2.45. The molecule has 2 heterocycles. The minimum Gasteiger partial charge on any atom is -0.469 e. The van der Waals surface area contributed by atoms with Crippen LogP contribution in [0.2, 0.25) is 0 Å². The summed E-state index contributed by atoms with van der Waals surface area (Å²) in [7, 11) is -3.46. The molecule has 0 N–H and O–H groups in total. The lowest BCUT2D eigenvalue weighted by Gasteiger charge is -2.29. The molecule has 96 valence electrons. The Balaban J connectivity index is 2.08. The summed E-state index contributed by atoms with van der Waals surface area (Å²) in [5, 5.41) is -0.783. The van der Waals surface area contributed by atoms with Crippen LogP contribution in [-0.2, 0) is 19.4 Å². The molecule has 18 heavy (non-hydrogen) atoms. The van der Waals surface area contributed by atoms with Crippen LogP contribution in [0.3, 0.4) is 0 Å². The van der Waals surface area contributed by atoms with Crippen molar-refractivity contribution in [2.75, 3.05) is 5.75 Å². The second-order valence-corrected chi connectivity index (χ2v) is 7.07. The average molecular weight is 268 g/mol. The highest BCUT2D eigenvalue weighted by molar-refractivity contribution is 7.93. The van der Waals surface area contributed by atoms with E-state index in [4.69, 9.17) is 4.42 Å². The summed E-state index contributed by atoms with van der Waals surface area (Å²) in [6.45, 7) is 0. The molecule has 0 bridgehead atoms. The van der Waals surface area contributed by atoms with E-state index in [0.29, 0.717) is 5.76 Å². The maximum atomic E-state index is 12.0. The fourth-order valence-electron chi connectivity index (χ4n) is 3.05. The Morgan fingerprint density at radius 1 is 1.17 bits per heavy atom. The molecular formula is C12H12O5S. The molecule has 0 unspecified atom stereocenters. The lowest BCUT2D eigenvalue weighted by Crippen LogP contribution is -2.38. The van der Waals surface area contributed by atoms with Crippen molar-refractivity contribution in [2.24, 2.45) is 5.92 Å². The van der Waals surface area contributed by atoms with Gasteiger partial charge in [-0.1, -0.05) is 0 Å². The normalized spacial score (nSPS) is 34.6. The number of fused-ring (bicyclic) bond motifs is 1. The number of sulfone groups is 1. The molecule has 0 spiro atoms. The fourth-order valence-corrected chi connectivity index (χ4v) is 5.33. The zero-order valence-corrected chi connectivity index (χ0v) is 10.4. The predicted molar refractivity (Wildman–Crippen MR) is 61.8 cm³/mol. The van der Waals surface area contributed by atoms with Gasteiger partial charge in [0.25, 0.3) is 0 Å². The lowest BCUT2D eigenvalue weighted by atomic mass is 9.77. The third-order valence-electron chi connectivity index (χ3n) is 3.77. The summed E-state index contributed by atoms with van der Waals surface area (Å²) in [5.41, 5.74) is 0. The van der Waals surface area contributed by atoms with Gasteiger partial charge in [-0.3, -0.25) is 9.59 Å². The number of rotatable bonds is 1. The van der Waals surface area contributed by atoms with E-state index >= 15 is 0 Å². The van der Waals surface area contributed by atoms with Gasteiger partial charge < -0.3 is 4.42 Å². The monoisotopic (exact) mass is 268 g/mol. The predicted octanol–water partition coefficient (Wildman–Crippen LogP) is 0.708. The van der Waals surface area contributed by atoms with Crippen molar-refractivity contribution >= 4 is 21.4 Å². The van der Waals surface area contributed by atoms with Gasteiger partial charge in [-0.05, 0) is 12.1 Å². The minimum absolute atomic E-state index is 0.0555. The summed E-state index contributed by atoms with van der Waals surface area (Å²) < 4.78 is 29.3. The molecule has 0 amide bonds. The summed E-state index contributed by atoms with van der Waals surface area (Å²) in [4.78, 5) is 23.4. The molecule has 5 nitrogen and oxygen atoms in total. The molecule has 3 rings (SSSR count). The van der Waals surface area contributed by atoms with Gasteiger partial charge in [0.05, 0.1) is 11.5 Å². The van der Waals surface area contributed by atoms with Crippen LogP contribution in [0, 0.1) is 5.92 Å². The second kappa shape index (κ2) is 3.78. The fraction of sp³-hybridized carbons (Fsp3) is 0.500. The smallest absolute Gasteiger partial charge is 0.161 e. The Morgan fingerprint density at radius 3 is 2.56 bits per heavy atom. The molecule has 1 aromatic rings. The first-order valence-corrected chi connectivity index (χ1v) is 7.50. The van der Waals surface area contributed by atoms with Crippen LogP contribution in [-0.4, -0.2) is 31.0 Å². The number of Topliss-reactive ketones (excluding diaryl/α,β-unsaturated/α-hetero) is 2. The van der Waals surface area contributed by atoms with Gasteiger partial charge in [0.15, 0.2) is 15.6 Å². The number of ketones is 2. The van der Waals surface area contributed by atoms with Gasteiger partial charge in [0.2, 0.25) is 0 Å². The van der Waals surface area contributed by atoms with Gasteiger partial charge in [-0.25, -0.2) is 8.42 Å². The summed E-state index contributed by atoms with van der Waals surface area (Å²) in [6, 6.07) is 3.32. The van der Waals surface area contributed by atoms with Crippen molar-refractivity contribution in [3.8, 4) is 0 Å². The first-order valence-electron chi connectivity index (χ1n) is 5.78. The SMILES string of the molecule is O=C1C[C@H]2C(=O)CS(=O)(=O)[C@@H]2[C@H](c2ccco2)C1. The first-order chi connectivity index (χ1) is 8.49. The Hall–Kier alpha value is -1.43. The molecule has 1 saturated carbocycles. The Bertz CT molecular complexity index is 598. The maximum absolute atomic E-state index is 12.0. The van der Waals surface area contributed by atoms with Gasteiger partial charge in [0.1, 0.15) is 17.3 Å². The maximum Gasteiger partial charge on any atom is 0.161 e. The van der Waals surface area contributed by atoms with Gasteiger partial charge in [-0.2, -0.15) is 0 Å². The van der Waals surface area contributed by atoms with Gasteiger partial charge in [0, 0.05) is 24.7 Å². The lowest BCUT2D eigenvalue weighted by molar-refractivity contribution is -0.128. The third-order valence-corrected chi connectivity index (χ3v) is 5.94. The van der Waals surface area contributed by atoms with E-state index in [1.807, 2.05) is 0 Å². The highest BCUT2D eigenvalue weighted by Crippen LogP contribution is 2.43. The van der Waals surface area contributed by atoms with Crippen LogP contribution >= 0.6 is 0 Å². The number of hydrogen-bond donors (Lipinski definition) is 0. The van der Waals surface area contributed by atoms with Crippen LogP contribution in [0.5, 0.6) is 0 Å². The third kappa shape index (κ3) is 1.63. The van der Waals surface area contributed by atoms with Gasteiger partial charge >= 0.3 is 0 Å².